The van der Waals surface area contributed by atoms with Gasteiger partial charge in [-0.05, 0) is 26.0 Å². The van der Waals surface area contributed by atoms with Crippen molar-refractivity contribution in [2.45, 2.75) is 20.4 Å². The lowest BCUT2D eigenvalue weighted by Gasteiger charge is -2.19. The zero-order valence-corrected chi connectivity index (χ0v) is 13.2. The van der Waals surface area contributed by atoms with E-state index in [2.05, 4.69) is 4.98 Å². The lowest BCUT2D eigenvalue weighted by atomic mass is 10.1. The second kappa shape index (κ2) is 6.58. The fraction of sp³-hybridized carbons (Fsp3) is 0.333. The first-order chi connectivity index (χ1) is 10.0. The van der Waals surface area contributed by atoms with Crippen LogP contribution in [0.15, 0.2) is 23.6 Å². The van der Waals surface area contributed by atoms with Crippen molar-refractivity contribution in [1.29, 1.82) is 0 Å². The monoisotopic (exact) mass is 305 g/mol. The highest BCUT2D eigenvalue weighted by molar-refractivity contribution is 7.09. The van der Waals surface area contributed by atoms with Crippen LogP contribution in [0.3, 0.4) is 0 Å². The molecule has 6 heteroatoms. The van der Waals surface area contributed by atoms with Gasteiger partial charge in [0.25, 0.3) is 5.91 Å². The van der Waals surface area contributed by atoms with Gasteiger partial charge in [-0.25, -0.2) is 4.98 Å². The minimum Gasteiger partial charge on any atom is -0.493 e. The van der Waals surface area contributed by atoms with Gasteiger partial charge in [-0.2, -0.15) is 0 Å². The summed E-state index contributed by atoms with van der Waals surface area (Å²) in [6.07, 6.45) is 0. The van der Waals surface area contributed by atoms with Gasteiger partial charge in [-0.15, -0.1) is 11.3 Å². The molecule has 0 aliphatic carbocycles. The number of aryl methyl sites for hydroxylation is 1. The number of thiazole rings is 1. The molecule has 1 heterocycles. The lowest BCUT2D eigenvalue weighted by molar-refractivity contribution is 0.0780. The molecule has 0 bridgehead atoms. The lowest BCUT2D eigenvalue weighted by Crippen LogP contribution is -2.27. The third-order valence-electron chi connectivity index (χ3n) is 2.98. The number of ether oxygens (including phenoxy) is 1. The number of rotatable bonds is 5. The Hall–Kier alpha value is -2.08. The molecular formula is C15H19N3O2S. The van der Waals surface area contributed by atoms with Crippen LogP contribution in [-0.2, 0) is 6.54 Å². The van der Waals surface area contributed by atoms with Crippen LogP contribution < -0.4 is 10.5 Å². The number of benzene rings is 1. The zero-order chi connectivity index (χ0) is 15.4. The molecule has 2 rings (SSSR count). The van der Waals surface area contributed by atoms with Crippen molar-refractivity contribution < 1.29 is 9.53 Å². The highest BCUT2D eigenvalue weighted by atomic mass is 32.1. The average molecular weight is 305 g/mol. The van der Waals surface area contributed by atoms with E-state index in [1.54, 1.807) is 41.5 Å². The third-order valence-corrected chi connectivity index (χ3v) is 3.81. The van der Waals surface area contributed by atoms with Crippen molar-refractivity contribution in [3.63, 3.8) is 0 Å². The molecular weight excluding hydrogens is 286 g/mol. The number of nitrogen functional groups attached to an aromatic ring is 1. The summed E-state index contributed by atoms with van der Waals surface area (Å²) in [5.74, 6) is 0.353. The molecule has 0 radical (unpaired) electrons. The van der Waals surface area contributed by atoms with Crippen LogP contribution in [0.25, 0.3) is 0 Å². The summed E-state index contributed by atoms with van der Waals surface area (Å²) in [5.41, 5.74) is 7.66. The minimum absolute atomic E-state index is 0.165. The fourth-order valence-corrected chi connectivity index (χ4v) is 2.64. The van der Waals surface area contributed by atoms with E-state index in [0.29, 0.717) is 30.2 Å². The number of nitrogens with zero attached hydrogens (tertiary/aromatic N) is 2. The molecule has 0 aliphatic heterocycles. The molecule has 0 saturated carbocycles. The molecule has 1 aromatic carbocycles. The van der Waals surface area contributed by atoms with Gasteiger partial charge in [-0.3, -0.25) is 4.79 Å². The second-order valence-electron chi connectivity index (χ2n) is 4.67. The van der Waals surface area contributed by atoms with Crippen LogP contribution in [0, 0.1) is 6.92 Å². The molecule has 2 aromatic rings. The van der Waals surface area contributed by atoms with Gasteiger partial charge in [0, 0.05) is 18.1 Å². The SMILES string of the molecule is CCOc1cccc(N)c1C(=O)N(C)Cc1csc(C)n1. The Morgan fingerprint density at radius 2 is 2.24 bits per heavy atom. The Labute approximate surface area is 128 Å². The van der Waals surface area contributed by atoms with Crippen LogP contribution >= 0.6 is 11.3 Å². The Balaban J connectivity index is 2.22. The summed E-state index contributed by atoms with van der Waals surface area (Å²) in [6, 6.07) is 5.24. The number of hydrogen-bond acceptors (Lipinski definition) is 5. The molecule has 21 heavy (non-hydrogen) atoms. The maximum absolute atomic E-state index is 12.6. The van der Waals surface area contributed by atoms with Crippen molar-refractivity contribution >= 4 is 22.9 Å². The van der Waals surface area contributed by atoms with E-state index in [1.165, 1.54) is 0 Å². The normalized spacial score (nSPS) is 10.4. The maximum atomic E-state index is 12.6. The van der Waals surface area contributed by atoms with E-state index in [0.717, 1.165) is 10.7 Å². The minimum atomic E-state index is -0.165. The summed E-state index contributed by atoms with van der Waals surface area (Å²) in [5, 5.41) is 2.94. The highest BCUT2D eigenvalue weighted by Crippen LogP contribution is 2.26. The number of carbonyl (C=O) groups is 1. The first kappa shape index (κ1) is 15.3. The number of hydrogen-bond donors (Lipinski definition) is 1. The molecule has 0 spiro atoms. The van der Waals surface area contributed by atoms with Crippen LogP contribution in [0.5, 0.6) is 5.75 Å². The van der Waals surface area contributed by atoms with Gasteiger partial charge in [0.05, 0.1) is 23.9 Å². The van der Waals surface area contributed by atoms with Crippen LogP contribution in [0.2, 0.25) is 0 Å². The fourth-order valence-electron chi connectivity index (χ4n) is 2.04. The summed E-state index contributed by atoms with van der Waals surface area (Å²) in [4.78, 5) is 18.6. The zero-order valence-electron chi connectivity index (χ0n) is 12.4. The van der Waals surface area contributed by atoms with Gasteiger partial charge in [0.15, 0.2) is 0 Å². The van der Waals surface area contributed by atoms with Crippen molar-refractivity contribution in [1.82, 2.24) is 9.88 Å². The molecule has 0 atom stereocenters. The van der Waals surface area contributed by atoms with Gasteiger partial charge in [0.1, 0.15) is 11.3 Å². The molecule has 0 saturated heterocycles. The van der Waals surface area contributed by atoms with Gasteiger partial charge in [-0.1, -0.05) is 6.07 Å². The van der Waals surface area contributed by atoms with Crippen LogP contribution in [0.4, 0.5) is 5.69 Å². The van der Waals surface area contributed by atoms with E-state index in [-0.39, 0.29) is 5.91 Å². The number of aromatic nitrogens is 1. The molecule has 5 nitrogen and oxygen atoms in total. The number of nitrogens with two attached hydrogens (primary N) is 1. The van der Waals surface area contributed by atoms with E-state index in [9.17, 15) is 4.79 Å². The third kappa shape index (κ3) is 3.52. The number of amides is 1. The number of anilines is 1. The molecule has 112 valence electrons. The smallest absolute Gasteiger partial charge is 0.259 e. The summed E-state index contributed by atoms with van der Waals surface area (Å²) < 4.78 is 5.50. The van der Waals surface area contributed by atoms with Gasteiger partial charge >= 0.3 is 0 Å². The van der Waals surface area contributed by atoms with Crippen molar-refractivity contribution in [3.05, 3.63) is 39.8 Å². The molecule has 2 N–H and O–H groups in total. The predicted molar refractivity (Wildman–Crippen MR) is 84.7 cm³/mol. The first-order valence-electron chi connectivity index (χ1n) is 6.70. The summed E-state index contributed by atoms with van der Waals surface area (Å²) >= 11 is 1.57. The van der Waals surface area contributed by atoms with Gasteiger partial charge < -0.3 is 15.4 Å². The number of carbonyl (C=O) groups excluding carboxylic acids is 1. The van der Waals surface area contributed by atoms with Gasteiger partial charge in [0.2, 0.25) is 0 Å². The topological polar surface area (TPSA) is 68.5 Å². The van der Waals surface area contributed by atoms with Crippen LogP contribution in [0.1, 0.15) is 28.0 Å². The Morgan fingerprint density at radius 3 is 2.86 bits per heavy atom. The van der Waals surface area contributed by atoms with Crippen molar-refractivity contribution in [2.75, 3.05) is 19.4 Å². The standard InChI is InChI=1S/C15H19N3O2S/c1-4-20-13-7-5-6-12(16)14(13)15(19)18(3)8-11-9-21-10(2)17-11/h5-7,9H,4,8,16H2,1-3H3. The Bertz CT molecular complexity index is 640. The molecule has 0 unspecified atom stereocenters. The van der Waals surface area contributed by atoms with E-state index >= 15 is 0 Å². The maximum Gasteiger partial charge on any atom is 0.259 e. The van der Waals surface area contributed by atoms with Crippen molar-refractivity contribution in [2.24, 2.45) is 0 Å². The summed E-state index contributed by atoms with van der Waals surface area (Å²) in [7, 11) is 1.74. The largest absolute Gasteiger partial charge is 0.493 e. The molecule has 1 amide bonds. The molecule has 1 aromatic heterocycles. The first-order valence-corrected chi connectivity index (χ1v) is 7.58. The quantitative estimate of drug-likeness (QED) is 0.862. The Kier molecular flexibility index (Phi) is 4.80. The summed E-state index contributed by atoms with van der Waals surface area (Å²) in [6.45, 7) is 4.75. The molecule has 0 fully saturated rings. The van der Waals surface area contributed by atoms with E-state index in [1.807, 2.05) is 19.2 Å². The van der Waals surface area contributed by atoms with E-state index in [4.69, 9.17) is 10.5 Å². The molecule has 0 aliphatic rings. The van der Waals surface area contributed by atoms with E-state index < -0.39 is 0 Å². The Morgan fingerprint density at radius 1 is 1.48 bits per heavy atom. The average Bonchev–Trinajstić information content (AvgIpc) is 2.84. The van der Waals surface area contributed by atoms with Crippen LogP contribution in [-0.4, -0.2) is 29.4 Å². The predicted octanol–water partition coefficient (Wildman–Crippen LogP) is 2.70. The second-order valence-corrected chi connectivity index (χ2v) is 5.73. The highest BCUT2D eigenvalue weighted by Gasteiger charge is 2.20. The van der Waals surface area contributed by atoms with Crippen molar-refractivity contribution in [3.8, 4) is 5.75 Å².